The molecule has 1 amide bonds. The molecule has 1 aliphatic carbocycles. The Morgan fingerprint density at radius 2 is 1.82 bits per heavy atom. The topological polar surface area (TPSA) is 55.8 Å². The van der Waals surface area contributed by atoms with Gasteiger partial charge in [0.25, 0.3) is 0 Å². The number of amides is 1. The lowest BCUT2D eigenvalue weighted by atomic mass is 9.91. The van der Waals surface area contributed by atoms with E-state index in [0.29, 0.717) is 6.54 Å². The second-order valence-electron chi connectivity index (χ2n) is 9.65. The molecule has 2 aromatic rings. The van der Waals surface area contributed by atoms with Gasteiger partial charge in [0.2, 0.25) is 5.91 Å². The quantitative estimate of drug-likeness (QED) is 0.538. The molecule has 2 fully saturated rings. The monoisotopic (exact) mass is 464 g/mol. The number of aromatic nitrogens is 2. The Morgan fingerprint density at radius 1 is 1.03 bits per heavy atom. The third-order valence-electron chi connectivity index (χ3n) is 7.40. The number of benzene rings is 1. The van der Waals surface area contributed by atoms with Crippen LogP contribution in [0.25, 0.3) is 11.3 Å². The summed E-state index contributed by atoms with van der Waals surface area (Å²) in [5, 5.41) is 8.99. The van der Waals surface area contributed by atoms with E-state index in [1.54, 1.807) is 0 Å². The highest BCUT2D eigenvalue weighted by atomic mass is 16.2. The first-order valence-corrected chi connectivity index (χ1v) is 13.0. The normalized spacial score (nSPS) is 17.1. The van der Waals surface area contributed by atoms with Gasteiger partial charge in [-0.05, 0) is 57.0 Å². The van der Waals surface area contributed by atoms with Crippen molar-refractivity contribution in [3.8, 4) is 11.3 Å². The van der Waals surface area contributed by atoms with Gasteiger partial charge in [0.05, 0.1) is 12.2 Å². The summed E-state index contributed by atoms with van der Waals surface area (Å²) in [6.07, 6.45) is 5.05. The summed E-state index contributed by atoms with van der Waals surface area (Å²) in [5.74, 6) is 1.13. The number of hydrogen-bond donors (Lipinski definition) is 0. The number of hydrogen-bond acceptors (Lipinski definition) is 6. The third-order valence-corrected chi connectivity index (χ3v) is 7.40. The van der Waals surface area contributed by atoms with Crippen LogP contribution in [-0.2, 0) is 11.2 Å². The number of carbonyl (C=O) groups is 1. The van der Waals surface area contributed by atoms with Crippen molar-refractivity contribution in [1.29, 1.82) is 0 Å². The van der Waals surface area contributed by atoms with Crippen molar-refractivity contribution in [2.45, 2.75) is 45.6 Å². The van der Waals surface area contributed by atoms with E-state index in [2.05, 4.69) is 75.1 Å². The molecule has 0 N–H and O–H groups in total. The van der Waals surface area contributed by atoms with Gasteiger partial charge in [0.15, 0.2) is 5.82 Å². The van der Waals surface area contributed by atoms with E-state index >= 15 is 0 Å². The standard InChI is InChI=1S/C27H40N6O/c1-4-22-8-6-9-23(20-22)25-12-13-26(29-28-25)31(5-2)15-14-30(3)21-27(34)33-18-16-32(17-19-33)24-10-7-11-24/h6,8-9,12-13,20,24H,4-5,7,10-11,14-19,21H2,1-3H3. The van der Waals surface area contributed by atoms with Crippen LogP contribution in [0.1, 0.15) is 38.7 Å². The lowest BCUT2D eigenvalue weighted by Gasteiger charge is -2.43. The lowest BCUT2D eigenvalue weighted by Crippen LogP contribution is -2.55. The summed E-state index contributed by atoms with van der Waals surface area (Å²) < 4.78 is 0. The average Bonchev–Trinajstić information content (AvgIpc) is 2.84. The highest BCUT2D eigenvalue weighted by Gasteiger charge is 2.29. The summed E-state index contributed by atoms with van der Waals surface area (Å²) in [7, 11) is 2.03. The molecule has 1 aromatic carbocycles. The maximum atomic E-state index is 12.8. The summed E-state index contributed by atoms with van der Waals surface area (Å²) in [6, 6.07) is 13.4. The van der Waals surface area contributed by atoms with Crippen molar-refractivity contribution >= 4 is 11.7 Å². The predicted molar refractivity (Wildman–Crippen MR) is 138 cm³/mol. The summed E-state index contributed by atoms with van der Waals surface area (Å²) in [5.41, 5.74) is 3.31. The Kier molecular flexibility index (Phi) is 8.51. The Labute approximate surface area is 204 Å². The van der Waals surface area contributed by atoms with E-state index in [1.807, 2.05) is 11.9 Å². The van der Waals surface area contributed by atoms with Crippen molar-refractivity contribution < 1.29 is 4.79 Å². The van der Waals surface area contributed by atoms with Crippen molar-refractivity contribution in [3.05, 3.63) is 42.0 Å². The Morgan fingerprint density at radius 3 is 2.44 bits per heavy atom. The molecule has 7 nitrogen and oxygen atoms in total. The molecule has 2 aliphatic rings. The molecule has 7 heteroatoms. The first-order chi connectivity index (χ1) is 16.6. The molecule has 1 aromatic heterocycles. The molecule has 184 valence electrons. The van der Waals surface area contributed by atoms with Crippen molar-refractivity contribution in [2.24, 2.45) is 0 Å². The molecule has 0 spiro atoms. The minimum Gasteiger partial charge on any atom is -0.354 e. The number of anilines is 1. The van der Waals surface area contributed by atoms with Crippen LogP contribution in [0.3, 0.4) is 0 Å². The first kappa shape index (κ1) is 24.6. The van der Waals surface area contributed by atoms with Gasteiger partial charge in [0, 0.05) is 57.4 Å². The number of likely N-dealkylation sites (N-methyl/N-ethyl adjacent to an activating group) is 2. The van der Waals surface area contributed by atoms with Crippen LogP contribution in [0.4, 0.5) is 5.82 Å². The molecule has 4 rings (SSSR count). The molecule has 0 radical (unpaired) electrons. The SMILES string of the molecule is CCc1cccc(-c2ccc(N(CC)CCN(C)CC(=O)N3CCN(C4CCC4)CC3)nn2)c1. The van der Waals surface area contributed by atoms with Gasteiger partial charge in [-0.3, -0.25) is 14.6 Å². The maximum absolute atomic E-state index is 12.8. The molecule has 0 atom stereocenters. The van der Waals surface area contributed by atoms with E-state index in [-0.39, 0.29) is 5.91 Å². The highest BCUT2D eigenvalue weighted by molar-refractivity contribution is 5.78. The average molecular weight is 465 g/mol. The van der Waals surface area contributed by atoms with Gasteiger partial charge >= 0.3 is 0 Å². The van der Waals surface area contributed by atoms with Gasteiger partial charge in [-0.25, -0.2) is 0 Å². The first-order valence-electron chi connectivity index (χ1n) is 13.0. The molecule has 2 heterocycles. The number of piperazine rings is 1. The largest absolute Gasteiger partial charge is 0.354 e. The zero-order valence-electron chi connectivity index (χ0n) is 21.1. The van der Waals surface area contributed by atoms with Crippen LogP contribution in [-0.4, -0.2) is 96.3 Å². The molecule has 1 saturated carbocycles. The van der Waals surface area contributed by atoms with E-state index in [1.165, 1.54) is 24.8 Å². The molecule has 34 heavy (non-hydrogen) atoms. The molecular weight excluding hydrogens is 424 g/mol. The van der Waals surface area contributed by atoms with Crippen molar-refractivity contribution in [3.63, 3.8) is 0 Å². The van der Waals surface area contributed by atoms with Gasteiger partial charge in [-0.1, -0.05) is 31.5 Å². The second kappa shape index (κ2) is 11.8. The highest BCUT2D eigenvalue weighted by Crippen LogP contribution is 2.25. The Hall–Kier alpha value is -2.51. The van der Waals surface area contributed by atoms with Gasteiger partial charge < -0.3 is 9.80 Å². The molecule has 1 aliphatic heterocycles. The van der Waals surface area contributed by atoms with Crippen LogP contribution in [0.15, 0.2) is 36.4 Å². The Balaban J connectivity index is 1.24. The molecule has 0 unspecified atom stereocenters. The molecule has 0 bridgehead atoms. The van der Waals surface area contributed by atoms with Crippen molar-refractivity contribution in [2.75, 3.05) is 64.3 Å². The lowest BCUT2D eigenvalue weighted by molar-refractivity contribution is -0.134. The summed E-state index contributed by atoms with van der Waals surface area (Å²) >= 11 is 0. The number of carbonyl (C=O) groups excluding carboxylic acids is 1. The van der Waals surface area contributed by atoms with Crippen LogP contribution >= 0.6 is 0 Å². The van der Waals surface area contributed by atoms with E-state index in [4.69, 9.17) is 0 Å². The van der Waals surface area contributed by atoms with E-state index < -0.39 is 0 Å². The van der Waals surface area contributed by atoms with Crippen LogP contribution < -0.4 is 4.90 Å². The molecular formula is C27H40N6O. The maximum Gasteiger partial charge on any atom is 0.236 e. The third kappa shape index (κ3) is 6.13. The van der Waals surface area contributed by atoms with Crippen molar-refractivity contribution in [1.82, 2.24) is 24.9 Å². The number of nitrogens with zero attached hydrogens (tertiary/aromatic N) is 6. The minimum absolute atomic E-state index is 0.247. The number of rotatable bonds is 10. The Bertz CT molecular complexity index is 921. The smallest absolute Gasteiger partial charge is 0.236 e. The predicted octanol–water partition coefficient (Wildman–Crippen LogP) is 3.16. The zero-order chi connectivity index (χ0) is 23.9. The van der Waals surface area contributed by atoms with Gasteiger partial charge in [-0.2, -0.15) is 0 Å². The zero-order valence-corrected chi connectivity index (χ0v) is 21.1. The summed E-state index contributed by atoms with van der Waals surface area (Å²) in [6.45, 7) is 11.0. The summed E-state index contributed by atoms with van der Waals surface area (Å²) in [4.78, 5) is 21.8. The minimum atomic E-state index is 0.247. The van der Waals surface area contributed by atoms with Crippen LogP contribution in [0, 0.1) is 0 Å². The number of aryl methyl sites for hydroxylation is 1. The molecule has 1 saturated heterocycles. The van der Waals surface area contributed by atoms with Gasteiger partial charge in [-0.15, -0.1) is 10.2 Å². The van der Waals surface area contributed by atoms with Crippen LogP contribution in [0.2, 0.25) is 0 Å². The van der Waals surface area contributed by atoms with Crippen LogP contribution in [0.5, 0.6) is 0 Å². The fourth-order valence-electron chi connectivity index (χ4n) is 4.82. The second-order valence-corrected chi connectivity index (χ2v) is 9.65. The van der Waals surface area contributed by atoms with Gasteiger partial charge in [0.1, 0.15) is 0 Å². The fraction of sp³-hybridized carbons (Fsp3) is 0.593. The van der Waals surface area contributed by atoms with E-state index in [9.17, 15) is 4.79 Å². The van der Waals surface area contributed by atoms with E-state index in [0.717, 1.165) is 75.4 Å². The fourth-order valence-corrected chi connectivity index (χ4v) is 4.82.